The van der Waals surface area contributed by atoms with Crippen molar-refractivity contribution in [3.63, 3.8) is 0 Å². The maximum atomic E-state index is 11.5. The molecule has 4 nitrogen and oxygen atoms in total. The summed E-state index contributed by atoms with van der Waals surface area (Å²) >= 11 is 0. The number of carbonyl (C=O) groups excluding carboxylic acids is 2. The second-order valence-corrected chi connectivity index (χ2v) is 8.28. The summed E-state index contributed by atoms with van der Waals surface area (Å²) in [5.41, 5.74) is 0.274. The first-order valence-electron chi connectivity index (χ1n) is 4.82. The van der Waals surface area contributed by atoms with E-state index >= 15 is 0 Å². The molecule has 0 aliphatic heterocycles. The second kappa shape index (κ2) is 5.70. The molecule has 0 radical (unpaired) electrons. The minimum absolute atomic E-state index is 0.274. The van der Waals surface area contributed by atoms with Crippen LogP contribution < -0.4 is 0 Å². The summed E-state index contributed by atoms with van der Waals surface area (Å²) in [7, 11) is -0.641. The molecule has 0 atom stereocenters. The molecule has 0 unspecified atom stereocenters. The van der Waals surface area contributed by atoms with Gasteiger partial charge in [-0.2, -0.15) is 0 Å². The third kappa shape index (κ3) is 5.36. The van der Waals surface area contributed by atoms with E-state index in [9.17, 15) is 9.59 Å². The summed E-state index contributed by atoms with van der Waals surface area (Å²) in [5, 5.41) is 0. The molecule has 0 rings (SSSR count). The van der Waals surface area contributed by atoms with Gasteiger partial charge < -0.3 is 9.16 Å². The molecule has 0 aliphatic rings. The van der Waals surface area contributed by atoms with Gasteiger partial charge in [0.05, 0.1) is 7.11 Å². The molecular formula is C10H18O4Si. The lowest BCUT2D eigenvalue weighted by Gasteiger charge is -2.20. The maximum absolute atomic E-state index is 11.5. The lowest BCUT2D eigenvalue weighted by molar-refractivity contribution is -0.136. The van der Waals surface area contributed by atoms with Crippen molar-refractivity contribution in [1.29, 1.82) is 0 Å². The first-order chi connectivity index (χ1) is 6.82. The van der Waals surface area contributed by atoms with Crippen molar-refractivity contribution in [3.8, 4) is 0 Å². The lowest BCUT2D eigenvalue weighted by atomic mass is 10.3. The average molecular weight is 230 g/mol. The van der Waals surface area contributed by atoms with Crippen molar-refractivity contribution < 1.29 is 18.8 Å². The molecule has 0 aromatic heterocycles. The van der Waals surface area contributed by atoms with Gasteiger partial charge in [0.1, 0.15) is 0 Å². The summed E-state index contributed by atoms with van der Waals surface area (Å²) in [6.07, 6.45) is 1.14. The van der Waals surface area contributed by atoms with Gasteiger partial charge in [0.15, 0.2) is 0 Å². The smallest absolute Gasteiger partial charge is 0.330 e. The zero-order valence-corrected chi connectivity index (χ0v) is 10.9. The Morgan fingerprint density at radius 1 is 1.33 bits per heavy atom. The van der Waals surface area contributed by atoms with Crippen LogP contribution >= 0.6 is 0 Å². The minimum atomic E-state index is -1.91. The Labute approximate surface area is 91.4 Å². The van der Waals surface area contributed by atoms with E-state index in [4.69, 9.17) is 4.43 Å². The van der Waals surface area contributed by atoms with Gasteiger partial charge in [-0.1, -0.05) is 6.92 Å². The van der Waals surface area contributed by atoms with Gasteiger partial charge in [-0.05, 0) is 26.1 Å². The van der Waals surface area contributed by atoms with Gasteiger partial charge in [-0.3, -0.25) is 0 Å². The molecule has 86 valence electrons. The third-order valence-electron chi connectivity index (χ3n) is 2.08. The maximum Gasteiger partial charge on any atom is 0.330 e. The van der Waals surface area contributed by atoms with Crippen LogP contribution in [0.15, 0.2) is 11.6 Å². The molecular weight excluding hydrogens is 212 g/mol. The lowest BCUT2D eigenvalue weighted by Crippen LogP contribution is -2.32. The first kappa shape index (κ1) is 13.9. The Balaban J connectivity index is 4.47. The largest absolute Gasteiger partial charge is 0.516 e. The fourth-order valence-electron chi connectivity index (χ4n) is 0.698. The fraction of sp³-hybridized carbons (Fsp3) is 0.600. The van der Waals surface area contributed by atoms with E-state index in [1.165, 1.54) is 7.11 Å². The van der Waals surface area contributed by atoms with Crippen LogP contribution in [0, 0.1) is 0 Å². The van der Waals surface area contributed by atoms with E-state index in [-0.39, 0.29) is 5.57 Å². The van der Waals surface area contributed by atoms with Crippen LogP contribution in [0.25, 0.3) is 0 Å². The standard InChI is InChI=1S/C10H18O4Si/c1-6-15(4,5)14-10(12)8(2)7-9(11)13-3/h7H,6H2,1-5H3/b8-7-. The van der Waals surface area contributed by atoms with Crippen molar-refractivity contribution in [3.05, 3.63) is 11.6 Å². The van der Waals surface area contributed by atoms with Gasteiger partial charge in [-0.15, -0.1) is 0 Å². The van der Waals surface area contributed by atoms with Gasteiger partial charge in [0, 0.05) is 11.6 Å². The summed E-state index contributed by atoms with van der Waals surface area (Å²) < 4.78 is 9.73. The predicted octanol–water partition coefficient (Wildman–Crippen LogP) is 1.87. The number of hydrogen-bond acceptors (Lipinski definition) is 4. The normalized spacial score (nSPS) is 12.2. The molecule has 0 spiro atoms. The minimum Gasteiger partial charge on any atom is -0.516 e. The molecule has 0 saturated carbocycles. The molecule has 5 heteroatoms. The van der Waals surface area contributed by atoms with Gasteiger partial charge in [-0.25, -0.2) is 9.59 Å². The molecule has 0 fully saturated rings. The van der Waals surface area contributed by atoms with Crippen LogP contribution in [0.4, 0.5) is 0 Å². The van der Waals surface area contributed by atoms with Gasteiger partial charge in [0.25, 0.3) is 0 Å². The highest BCUT2D eigenvalue weighted by molar-refractivity contribution is 6.72. The van der Waals surface area contributed by atoms with E-state index in [0.29, 0.717) is 0 Å². The number of methoxy groups -OCH3 is 1. The highest BCUT2D eigenvalue weighted by atomic mass is 28.4. The Hall–Kier alpha value is -1.10. The van der Waals surface area contributed by atoms with Crippen molar-refractivity contribution in [1.82, 2.24) is 0 Å². The van der Waals surface area contributed by atoms with Gasteiger partial charge >= 0.3 is 11.9 Å². The summed E-state index contributed by atoms with van der Waals surface area (Å²) in [6, 6.07) is 0.851. The monoisotopic (exact) mass is 230 g/mol. The van der Waals surface area contributed by atoms with Crippen molar-refractivity contribution in [2.24, 2.45) is 0 Å². The van der Waals surface area contributed by atoms with Crippen LogP contribution in [-0.2, 0) is 18.8 Å². The topological polar surface area (TPSA) is 52.6 Å². The van der Waals surface area contributed by atoms with E-state index in [0.717, 1.165) is 12.1 Å². The Bertz CT molecular complexity index is 281. The molecule has 0 aliphatic carbocycles. The van der Waals surface area contributed by atoms with Crippen LogP contribution in [0.3, 0.4) is 0 Å². The van der Waals surface area contributed by atoms with Crippen molar-refractivity contribution in [2.45, 2.75) is 33.0 Å². The zero-order chi connectivity index (χ0) is 12.1. The summed E-state index contributed by atoms with van der Waals surface area (Å²) in [5.74, 6) is -0.973. The van der Waals surface area contributed by atoms with Crippen LogP contribution in [-0.4, -0.2) is 27.4 Å². The van der Waals surface area contributed by atoms with Crippen LogP contribution in [0.1, 0.15) is 13.8 Å². The van der Waals surface area contributed by atoms with E-state index in [1.807, 2.05) is 20.0 Å². The SMILES string of the molecule is CC[Si](C)(C)OC(=O)/C(C)=C\C(=O)OC. The Morgan fingerprint density at radius 3 is 2.27 bits per heavy atom. The summed E-state index contributed by atoms with van der Waals surface area (Å²) in [4.78, 5) is 22.4. The molecule has 0 aromatic carbocycles. The number of hydrogen-bond donors (Lipinski definition) is 0. The van der Waals surface area contributed by atoms with Gasteiger partial charge in [0.2, 0.25) is 8.32 Å². The van der Waals surface area contributed by atoms with E-state index in [2.05, 4.69) is 4.74 Å². The number of esters is 1. The molecule has 0 heterocycles. The highest BCUT2D eigenvalue weighted by Gasteiger charge is 2.25. The average Bonchev–Trinajstić information content (AvgIpc) is 2.16. The molecule has 0 saturated heterocycles. The molecule has 0 amide bonds. The zero-order valence-electron chi connectivity index (χ0n) is 9.92. The van der Waals surface area contributed by atoms with Crippen LogP contribution in [0.5, 0.6) is 0 Å². The fourth-order valence-corrected chi connectivity index (χ4v) is 1.51. The third-order valence-corrected chi connectivity index (χ3v) is 4.52. The quantitative estimate of drug-likeness (QED) is 0.420. The molecule has 0 bridgehead atoms. The Kier molecular flexibility index (Phi) is 5.28. The second-order valence-electron chi connectivity index (χ2n) is 3.85. The van der Waals surface area contributed by atoms with E-state index < -0.39 is 20.3 Å². The molecule has 0 N–H and O–H groups in total. The summed E-state index contributed by atoms with van der Waals surface area (Å²) in [6.45, 7) is 7.44. The number of rotatable bonds is 4. The Morgan fingerprint density at radius 2 is 1.87 bits per heavy atom. The molecule has 0 aromatic rings. The number of carbonyl (C=O) groups is 2. The number of ether oxygens (including phenoxy) is 1. The van der Waals surface area contributed by atoms with Crippen LogP contribution in [0.2, 0.25) is 19.1 Å². The van der Waals surface area contributed by atoms with Crippen molar-refractivity contribution in [2.75, 3.05) is 7.11 Å². The first-order valence-corrected chi connectivity index (χ1v) is 7.93. The highest BCUT2D eigenvalue weighted by Crippen LogP contribution is 2.12. The molecule has 15 heavy (non-hydrogen) atoms. The predicted molar refractivity (Wildman–Crippen MR) is 59.8 cm³/mol. The van der Waals surface area contributed by atoms with Crippen molar-refractivity contribution >= 4 is 20.3 Å². The van der Waals surface area contributed by atoms with E-state index in [1.54, 1.807) is 6.92 Å².